The van der Waals surface area contributed by atoms with Gasteiger partial charge in [0, 0.05) is 43.7 Å². The summed E-state index contributed by atoms with van der Waals surface area (Å²) < 4.78 is 5.80. The smallest absolute Gasteiger partial charge is 0.225 e. The highest BCUT2D eigenvalue weighted by atomic mass is 16.5. The van der Waals surface area contributed by atoms with Crippen molar-refractivity contribution in [3.05, 3.63) is 36.0 Å². The van der Waals surface area contributed by atoms with Crippen LogP contribution in [0.3, 0.4) is 0 Å². The Morgan fingerprint density at radius 3 is 3.04 bits per heavy atom. The molecule has 2 aromatic rings. The topological polar surface area (TPSA) is 65.6 Å². The predicted molar refractivity (Wildman–Crippen MR) is 98.7 cm³/mol. The number of aromatic amines is 1. The van der Waals surface area contributed by atoms with Crippen LogP contribution in [0.5, 0.6) is 0 Å². The molecule has 0 saturated carbocycles. The number of amides is 2. The number of H-pyrrole nitrogens is 1. The normalized spacial score (nSPS) is 23.3. The number of rotatable bonds is 4. The number of ether oxygens (including phenoxy) is 1. The zero-order valence-electron chi connectivity index (χ0n) is 15.1. The van der Waals surface area contributed by atoms with E-state index >= 15 is 0 Å². The van der Waals surface area contributed by atoms with Crippen LogP contribution in [0.25, 0.3) is 10.9 Å². The number of hydrogen-bond donors (Lipinski definition) is 1. The molecule has 2 fully saturated rings. The van der Waals surface area contributed by atoms with Crippen LogP contribution in [-0.4, -0.2) is 65.5 Å². The largest absolute Gasteiger partial charge is 0.374 e. The van der Waals surface area contributed by atoms with E-state index in [0.29, 0.717) is 32.5 Å². The number of benzene rings is 1. The first kappa shape index (κ1) is 17.1. The Bertz CT molecular complexity index is 815. The van der Waals surface area contributed by atoms with E-state index in [-0.39, 0.29) is 24.0 Å². The van der Waals surface area contributed by atoms with E-state index in [0.717, 1.165) is 18.4 Å². The minimum atomic E-state index is -0.0518. The van der Waals surface area contributed by atoms with E-state index < -0.39 is 0 Å². The predicted octanol–water partition coefficient (Wildman–Crippen LogP) is 1.95. The monoisotopic (exact) mass is 355 g/mol. The molecule has 6 nitrogen and oxygen atoms in total. The Labute approximate surface area is 153 Å². The van der Waals surface area contributed by atoms with E-state index in [1.807, 2.05) is 30.3 Å². The van der Waals surface area contributed by atoms with Crippen LogP contribution in [-0.2, 0) is 20.7 Å². The second-order valence-corrected chi connectivity index (χ2v) is 7.24. The van der Waals surface area contributed by atoms with Gasteiger partial charge in [-0.3, -0.25) is 9.59 Å². The van der Waals surface area contributed by atoms with E-state index in [9.17, 15) is 9.59 Å². The summed E-state index contributed by atoms with van der Waals surface area (Å²) >= 11 is 0. The number of likely N-dealkylation sites (tertiary alicyclic amines) is 1. The number of hydrogen-bond acceptors (Lipinski definition) is 3. The number of aromatic nitrogens is 1. The van der Waals surface area contributed by atoms with Gasteiger partial charge in [-0.25, -0.2) is 0 Å². The van der Waals surface area contributed by atoms with Crippen LogP contribution in [0.1, 0.15) is 24.8 Å². The maximum atomic E-state index is 12.6. The van der Waals surface area contributed by atoms with Crippen molar-refractivity contribution in [3.8, 4) is 0 Å². The van der Waals surface area contributed by atoms with Crippen molar-refractivity contribution in [1.29, 1.82) is 0 Å². The molecular weight excluding hydrogens is 330 g/mol. The molecular formula is C20H25N3O3. The maximum Gasteiger partial charge on any atom is 0.225 e. The van der Waals surface area contributed by atoms with Crippen LogP contribution >= 0.6 is 0 Å². The zero-order valence-corrected chi connectivity index (χ0v) is 15.1. The first-order valence-corrected chi connectivity index (χ1v) is 9.33. The summed E-state index contributed by atoms with van der Waals surface area (Å²) in [5, 5.41) is 1.23. The van der Waals surface area contributed by atoms with Gasteiger partial charge in [0.25, 0.3) is 0 Å². The molecule has 2 saturated heterocycles. The van der Waals surface area contributed by atoms with Crippen LogP contribution in [0, 0.1) is 0 Å². The number of carbonyl (C=O) groups is 2. The molecule has 0 unspecified atom stereocenters. The lowest BCUT2D eigenvalue weighted by Gasteiger charge is -2.25. The maximum absolute atomic E-state index is 12.6. The highest BCUT2D eigenvalue weighted by Gasteiger charge is 2.41. The van der Waals surface area contributed by atoms with Crippen molar-refractivity contribution in [2.75, 3.05) is 26.7 Å². The molecule has 4 rings (SSSR count). The summed E-state index contributed by atoms with van der Waals surface area (Å²) in [4.78, 5) is 31.5. The van der Waals surface area contributed by atoms with E-state index in [4.69, 9.17) is 4.74 Å². The van der Waals surface area contributed by atoms with Gasteiger partial charge in [-0.05, 0) is 24.5 Å². The fourth-order valence-electron chi connectivity index (χ4n) is 4.08. The first-order chi connectivity index (χ1) is 12.6. The Morgan fingerprint density at radius 2 is 2.15 bits per heavy atom. The second-order valence-electron chi connectivity index (χ2n) is 7.24. The third-order valence-electron chi connectivity index (χ3n) is 5.64. The van der Waals surface area contributed by atoms with Gasteiger partial charge < -0.3 is 19.5 Å². The van der Waals surface area contributed by atoms with Crippen molar-refractivity contribution >= 4 is 22.7 Å². The van der Waals surface area contributed by atoms with Gasteiger partial charge in [0.1, 0.15) is 0 Å². The lowest BCUT2D eigenvalue weighted by atomic mass is 10.1. The second kappa shape index (κ2) is 7.11. The van der Waals surface area contributed by atoms with E-state index in [1.165, 1.54) is 10.9 Å². The van der Waals surface area contributed by atoms with Crippen LogP contribution in [0.2, 0.25) is 0 Å². The molecule has 138 valence electrons. The number of likely N-dealkylation sites (N-methyl/N-ethyl adjacent to an activating group) is 1. The van der Waals surface area contributed by atoms with Gasteiger partial charge >= 0.3 is 0 Å². The van der Waals surface area contributed by atoms with Gasteiger partial charge in [-0.1, -0.05) is 18.2 Å². The summed E-state index contributed by atoms with van der Waals surface area (Å²) in [6.07, 6.45) is 4.65. The minimum absolute atomic E-state index is 0.0115. The summed E-state index contributed by atoms with van der Waals surface area (Å²) in [5.74, 6) is 0.258. The molecule has 0 radical (unpaired) electrons. The van der Waals surface area contributed by atoms with Gasteiger partial charge in [-0.15, -0.1) is 0 Å². The van der Waals surface area contributed by atoms with Crippen molar-refractivity contribution in [3.63, 3.8) is 0 Å². The molecule has 2 amide bonds. The summed E-state index contributed by atoms with van der Waals surface area (Å²) in [7, 11) is 1.82. The lowest BCUT2D eigenvalue weighted by Crippen LogP contribution is -2.43. The van der Waals surface area contributed by atoms with Crippen LogP contribution in [0.15, 0.2) is 30.5 Å². The van der Waals surface area contributed by atoms with E-state index in [2.05, 4.69) is 17.1 Å². The Balaban J connectivity index is 1.32. The third-order valence-corrected chi connectivity index (χ3v) is 5.64. The molecule has 1 aromatic carbocycles. The molecule has 6 heteroatoms. The molecule has 0 bridgehead atoms. The molecule has 1 aromatic heterocycles. The molecule has 3 heterocycles. The molecule has 1 N–H and O–H groups in total. The van der Waals surface area contributed by atoms with Gasteiger partial charge in [-0.2, -0.15) is 0 Å². The van der Waals surface area contributed by atoms with E-state index in [1.54, 1.807) is 4.90 Å². The number of fused-ring (bicyclic) bond motifs is 2. The molecule has 0 aliphatic carbocycles. The summed E-state index contributed by atoms with van der Waals surface area (Å²) in [5.41, 5.74) is 2.40. The van der Waals surface area contributed by atoms with Crippen molar-refractivity contribution in [2.24, 2.45) is 0 Å². The lowest BCUT2D eigenvalue weighted by molar-refractivity contribution is -0.133. The van der Waals surface area contributed by atoms with Gasteiger partial charge in [0.05, 0.1) is 25.2 Å². The minimum Gasteiger partial charge on any atom is -0.374 e. The summed E-state index contributed by atoms with van der Waals surface area (Å²) in [6, 6.07) is 8.22. The highest BCUT2D eigenvalue weighted by molar-refractivity contribution is 5.83. The number of nitrogens with one attached hydrogen (secondary N) is 1. The Kier molecular flexibility index (Phi) is 4.68. The summed E-state index contributed by atoms with van der Waals surface area (Å²) in [6.45, 7) is 1.62. The van der Waals surface area contributed by atoms with Crippen LogP contribution < -0.4 is 0 Å². The first-order valence-electron chi connectivity index (χ1n) is 9.33. The Morgan fingerprint density at radius 1 is 1.31 bits per heavy atom. The molecule has 26 heavy (non-hydrogen) atoms. The van der Waals surface area contributed by atoms with Gasteiger partial charge in [0.2, 0.25) is 11.8 Å². The Hall–Kier alpha value is -2.34. The van der Waals surface area contributed by atoms with Crippen LogP contribution in [0.4, 0.5) is 0 Å². The van der Waals surface area contributed by atoms with Crippen molar-refractivity contribution in [2.45, 2.75) is 37.8 Å². The van der Waals surface area contributed by atoms with Gasteiger partial charge in [0.15, 0.2) is 0 Å². The number of aryl methyl sites for hydroxylation is 1. The average molecular weight is 355 g/mol. The molecule has 2 aliphatic rings. The van der Waals surface area contributed by atoms with Crippen molar-refractivity contribution < 1.29 is 14.3 Å². The fraction of sp³-hybridized carbons (Fsp3) is 0.500. The third kappa shape index (κ3) is 3.21. The molecule has 2 aliphatic heterocycles. The molecule has 0 spiro atoms. The quantitative estimate of drug-likeness (QED) is 0.912. The van der Waals surface area contributed by atoms with Crippen molar-refractivity contribution in [1.82, 2.24) is 14.8 Å². The zero-order chi connectivity index (χ0) is 18.1. The number of nitrogens with zero attached hydrogens (tertiary/aromatic N) is 2. The fourth-order valence-corrected chi connectivity index (χ4v) is 4.08. The molecule has 2 atom stereocenters. The number of para-hydroxylation sites is 1. The SMILES string of the molecule is CN1C(=O)CCO[C@H]2CN(C(=O)CCCc3c[nH]c4ccccc34)C[C@@H]21. The standard InChI is InChI=1S/C20H25N3O3/c1-22-17-12-23(13-18(17)26-10-9-19(22)24)20(25)8-4-5-14-11-21-16-7-3-2-6-15(14)16/h2-3,6-7,11,17-18,21H,4-5,8-10,12-13H2,1H3/t17-,18-/m0/s1. The average Bonchev–Trinajstić information content (AvgIpc) is 3.23. The number of carbonyl (C=O) groups excluding carboxylic acids is 2. The highest BCUT2D eigenvalue weighted by Crippen LogP contribution is 2.24.